The molecular weight excluding hydrogens is 240 g/mol. The van der Waals surface area contributed by atoms with Crippen LogP contribution in [0.1, 0.15) is 12.8 Å². The molecule has 0 aliphatic rings. The van der Waals surface area contributed by atoms with E-state index in [-0.39, 0.29) is 69.0 Å². The summed E-state index contributed by atoms with van der Waals surface area (Å²) >= 11 is 0. The molecule has 0 heterocycles. The summed E-state index contributed by atoms with van der Waals surface area (Å²) in [5, 5.41) is 38.9. The summed E-state index contributed by atoms with van der Waals surface area (Å²) in [6.45, 7) is 0. The van der Waals surface area contributed by atoms with E-state index in [0.717, 1.165) is 0 Å². The number of carboxylic acids is 3. The van der Waals surface area contributed by atoms with Crippen LogP contribution in [0.25, 0.3) is 0 Å². The molecule has 0 spiro atoms. The normalized spacial score (nSPS) is 8.29. The van der Waals surface area contributed by atoms with Gasteiger partial charge in [-0.05, 0) is 0 Å². The Bertz CT molecular complexity index is 244. The van der Waals surface area contributed by atoms with E-state index < -0.39 is 36.4 Å². The molecule has 17 heavy (non-hydrogen) atoms. The standard InChI is InChI=1S/C6H8O7.ClH.3Li/c7-3(8)1-6(13,5(11)12)2-4(9)10;;;;/h13H,1-2H2,(H,7,8)(H,9,10)(H,11,12);1H;;;/q;;3*+1/p-3. The van der Waals surface area contributed by atoms with Crippen molar-refractivity contribution in [3.8, 4) is 0 Å². The van der Waals surface area contributed by atoms with Crippen molar-refractivity contribution >= 4 is 30.3 Å². The summed E-state index contributed by atoms with van der Waals surface area (Å²) in [5.41, 5.74) is -2.97. The average molecular weight is 246 g/mol. The molecule has 0 fully saturated rings. The summed E-state index contributed by atoms with van der Waals surface area (Å²) in [5.74, 6) is -5.98. The number of rotatable bonds is 5. The summed E-state index contributed by atoms with van der Waals surface area (Å²) in [6, 6.07) is 0. The fourth-order valence-electron chi connectivity index (χ4n) is 0.684. The number of carbonyl (C=O) groups excluding carboxylic acids is 3. The monoisotopic (exact) mass is 246 g/mol. The maximum atomic E-state index is 10.1. The molecule has 0 aliphatic carbocycles. The Morgan fingerprint density at radius 1 is 0.882 bits per heavy atom. The van der Waals surface area contributed by atoms with Gasteiger partial charge in [0.25, 0.3) is 0 Å². The average Bonchev–Trinajstić information content (AvgIpc) is 1.82. The second-order valence-corrected chi connectivity index (χ2v) is 2.42. The zero-order chi connectivity index (χ0) is 10.6. The minimum absolute atomic E-state index is 0. The number of carboxylic acid groups (broad SMARTS) is 3. The summed E-state index contributed by atoms with van der Waals surface area (Å²) in [6.07, 6.45) is -2.72. The van der Waals surface area contributed by atoms with Crippen molar-refractivity contribution < 1.29 is 91.4 Å². The van der Waals surface area contributed by atoms with Gasteiger partial charge in [-0.3, -0.25) is 0 Å². The second kappa shape index (κ2) is 12.9. The first-order chi connectivity index (χ1) is 5.78. The van der Waals surface area contributed by atoms with E-state index in [1.165, 1.54) is 0 Å². The Morgan fingerprint density at radius 3 is 1.24 bits per heavy atom. The maximum absolute atomic E-state index is 10.1. The Kier molecular flexibility index (Phi) is 23.1. The van der Waals surface area contributed by atoms with Crippen LogP contribution in [-0.4, -0.2) is 28.6 Å². The first kappa shape index (κ1) is 30.5. The zero-order valence-corrected chi connectivity index (χ0v) is 10.5. The first-order valence-electron chi connectivity index (χ1n) is 3.11. The Morgan fingerprint density at radius 2 is 1.12 bits per heavy atom. The topological polar surface area (TPSA) is 141 Å². The number of hydrogen-bond acceptors (Lipinski definition) is 7. The molecule has 1 N–H and O–H groups in total. The molecule has 0 atom stereocenters. The van der Waals surface area contributed by atoms with Crippen molar-refractivity contribution in [2.24, 2.45) is 0 Å². The number of hydrogen-bond donors (Lipinski definition) is 1. The molecule has 82 valence electrons. The number of carbonyl (C=O) groups is 3. The summed E-state index contributed by atoms with van der Waals surface area (Å²) < 4.78 is 0. The Labute approximate surface area is 139 Å². The fourth-order valence-corrected chi connectivity index (χ4v) is 0.684. The zero-order valence-electron chi connectivity index (χ0n) is 9.72. The molecule has 7 nitrogen and oxygen atoms in total. The molecule has 0 aromatic rings. The molecular formula is C6H6ClLi3O7. The molecule has 0 aromatic carbocycles. The van der Waals surface area contributed by atoms with Crippen LogP contribution in [0.4, 0.5) is 0 Å². The smallest absolute Gasteiger partial charge is 0.550 e. The van der Waals surface area contributed by atoms with Gasteiger partial charge in [0.1, 0.15) is 5.60 Å². The van der Waals surface area contributed by atoms with Crippen molar-refractivity contribution in [2.45, 2.75) is 18.4 Å². The molecule has 0 amide bonds. The number of aliphatic carboxylic acids is 3. The van der Waals surface area contributed by atoms with Crippen molar-refractivity contribution in [1.82, 2.24) is 0 Å². The number of halogens is 1. The van der Waals surface area contributed by atoms with Crippen molar-refractivity contribution in [2.75, 3.05) is 0 Å². The van der Waals surface area contributed by atoms with Crippen LogP contribution in [0, 0.1) is 0 Å². The van der Waals surface area contributed by atoms with Gasteiger partial charge in [-0.25, -0.2) is 0 Å². The van der Waals surface area contributed by atoms with Gasteiger partial charge in [0.2, 0.25) is 0 Å². The van der Waals surface area contributed by atoms with Gasteiger partial charge >= 0.3 is 56.6 Å². The Hall–Kier alpha value is 0.452. The molecule has 0 aliphatic heterocycles. The third-order valence-electron chi connectivity index (χ3n) is 1.25. The van der Waals surface area contributed by atoms with Crippen LogP contribution in [0.2, 0.25) is 0 Å². The molecule has 0 radical (unpaired) electrons. The minimum atomic E-state index is -2.97. The van der Waals surface area contributed by atoms with Crippen molar-refractivity contribution in [3.05, 3.63) is 0 Å². The molecule has 0 saturated carbocycles. The van der Waals surface area contributed by atoms with Crippen LogP contribution in [0.15, 0.2) is 0 Å². The fraction of sp³-hybridized carbons (Fsp3) is 0.500. The van der Waals surface area contributed by atoms with Gasteiger partial charge in [0, 0.05) is 24.8 Å². The number of aliphatic hydroxyl groups is 1. The molecule has 0 bridgehead atoms. The van der Waals surface area contributed by atoms with Crippen LogP contribution in [0.5, 0.6) is 0 Å². The predicted octanol–water partition coefficient (Wildman–Crippen LogP) is -13.8. The quantitative estimate of drug-likeness (QED) is 0.475. The molecule has 0 unspecified atom stereocenters. The van der Waals surface area contributed by atoms with E-state index in [1.807, 2.05) is 0 Å². The Balaban J connectivity index is -0.000000120. The summed E-state index contributed by atoms with van der Waals surface area (Å²) in [4.78, 5) is 30.0. The van der Waals surface area contributed by atoms with Crippen molar-refractivity contribution in [3.63, 3.8) is 0 Å². The van der Waals surface area contributed by atoms with Crippen LogP contribution < -0.4 is 71.9 Å². The molecule has 0 aromatic heterocycles. The van der Waals surface area contributed by atoms with Gasteiger partial charge in [-0.15, -0.1) is 12.4 Å². The van der Waals surface area contributed by atoms with Crippen LogP contribution in [0.3, 0.4) is 0 Å². The molecule has 0 rings (SSSR count). The van der Waals surface area contributed by atoms with Gasteiger partial charge in [-0.1, -0.05) is 0 Å². The van der Waals surface area contributed by atoms with Crippen LogP contribution >= 0.6 is 12.4 Å². The summed E-state index contributed by atoms with van der Waals surface area (Å²) in [7, 11) is 0. The first-order valence-corrected chi connectivity index (χ1v) is 3.11. The SMILES string of the molecule is Cl.O=C([O-])CC(O)(CC(=O)[O-])C(=O)[O-].[Li+].[Li+].[Li+]. The van der Waals surface area contributed by atoms with E-state index in [0.29, 0.717) is 0 Å². The second-order valence-electron chi connectivity index (χ2n) is 2.42. The van der Waals surface area contributed by atoms with E-state index >= 15 is 0 Å². The minimum Gasteiger partial charge on any atom is -0.550 e. The van der Waals surface area contributed by atoms with Gasteiger partial charge in [-0.2, -0.15) is 0 Å². The largest absolute Gasteiger partial charge is 1.00 e. The molecule has 0 saturated heterocycles. The van der Waals surface area contributed by atoms with E-state index in [1.54, 1.807) is 0 Å². The third-order valence-corrected chi connectivity index (χ3v) is 1.25. The maximum Gasteiger partial charge on any atom is 1.00 e. The van der Waals surface area contributed by atoms with Crippen molar-refractivity contribution in [1.29, 1.82) is 0 Å². The van der Waals surface area contributed by atoms with E-state index in [4.69, 9.17) is 5.11 Å². The van der Waals surface area contributed by atoms with E-state index in [2.05, 4.69) is 0 Å². The van der Waals surface area contributed by atoms with Crippen LogP contribution in [-0.2, 0) is 14.4 Å². The predicted molar refractivity (Wildman–Crippen MR) is 36.5 cm³/mol. The van der Waals surface area contributed by atoms with Gasteiger partial charge in [0.05, 0.1) is 5.97 Å². The van der Waals surface area contributed by atoms with Gasteiger partial charge < -0.3 is 34.8 Å². The van der Waals surface area contributed by atoms with E-state index in [9.17, 15) is 29.7 Å². The van der Waals surface area contributed by atoms with Gasteiger partial charge in [0.15, 0.2) is 0 Å². The molecule has 11 heteroatoms. The third kappa shape index (κ3) is 12.7.